The summed E-state index contributed by atoms with van der Waals surface area (Å²) in [5.74, 6) is 1.03. The second-order valence-electron chi connectivity index (χ2n) is 5.69. The summed E-state index contributed by atoms with van der Waals surface area (Å²) >= 11 is 0. The highest BCUT2D eigenvalue weighted by Gasteiger charge is 2.29. The van der Waals surface area contributed by atoms with Crippen LogP contribution in [0, 0.1) is 11.8 Å². The van der Waals surface area contributed by atoms with E-state index < -0.39 is 0 Å². The molecule has 0 aromatic heterocycles. The van der Waals surface area contributed by atoms with Gasteiger partial charge in [0.1, 0.15) is 0 Å². The van der Waals surface area contributed by atoms with E-state index in [1.165, 1.54) is 5.56 Å². The third-order valence-corrected chi connectivity index (χ3v) is 3.77. The molecule has 18 heavy (non-hydrogen) atoms. The van der Waals surface area contributed by atoms with E-state index in [1.54, 1.807) is 0 Å². The molecule has 2 heteroatoms. The molecule has 1 aliphatic rings. The van der Waals surface area contributed by atoms with Gasteiger partial charge in [-0.2, -0.15) is 0 Å². The molecule has 2 atom stereocenters. The Labute approximate surface area is 110 Å². The zero-order valence-corrected chi connectivity index (χ0v) is 11.4. The van der Waals surface area contributed by atoms with Crippen LogP contribution in [0.1, 0.15) is 43.9 Å². The highest BCUT2D eigenvalue weighted by atomic mass is 16.5. The Morgan fingerprint density at radius 1 is 1.28 bits per heavy atom. The Bertz CT molecular complexity index is 373. The van der Waals surface area contributed by atoms with Gasteiger partial charge in [-0.15, -0.1) is 0 Å². The average molecular weight is 248 g/mol. The number of aliphatic hydroxyl groups excluding tert-OH is 1. The van der Waals surface area contributed by atoms with Gasteiger partial charge in [-0.1, -0.05) is 38.1 Å². The molecule has 0 amide bonds. The van der Waals surface area contributed by atoms with E-state index in [4.69, 9.17) is 4.74 Å². The van der Waals surface area contributed by atoms with Gasteiger partial charge in [0.15, 0.2) is 0 Å². The van der Waals surface area contributed by atoms with Crippen LogP contribution in [-0.2, 0) is 11.2 Å². The topological polar surface area (TPSA) is 29.5 Å². The van der Waals surface area contributed by atoms with Crippen molar-refractivity contribution in [3.8, 4) is 0 Å². The first-order chi connectivity index (χ1) is 8.68. The third kappa shape index (κ3) is 3.33. The fourth-order valence-electron chi connectivity index (χ4n) is 2.57. The van der Waals surface area contributed by atoms with Crippen molar-refractivity contribution in [2.24, 2.45) is 11.8 Å². The van der Waals surface area contributed by atoms with Crippen molar-refractivity contribution in [2.75, 3.05) is 13.2 Å². The van der Waals surface area contributed by atoms with Crippen molar-refractivity contribution in [1.29, 1.82) is 0 Å². The molecule has 0 saturated heterocycles. The predicted octanol–water partition coefficient (Wildman–Crippen LogP) is 3.35. The van der Waals surface area contributed by atoms with Crippen LogP contribution in [0.2, 0.25) is 0 Å². The molecule has 0 bridgehead atoms. The van der Waals surface area contributed by atoms with E-state index in [0.29, 0.717) is 11.8 Å². The van der Waals surface area contributed by atoms with Gasteiger partial charge in [0.25, 0.3) is 0 Å². The number of rotatable bonds is 6. The summed E-state index contributed by atoms with van der Waals surface area (Å²) in [6, 6.07) is 8.22. The lowest BCUT2D eigenvalue weighted by molar-refractivity contribution is 0.0707. The molecule has 0 aliphatic heterocycles. The van der Waals surface area contributed by atoms with Gasteiger partial charge >= 0.3 is 0 Å². The van der Waals surface area contributed by atoms with Crippen LogP contribution >= 0.6 is 0 Å². The summed E-state index contributed by atoms with van der Waals surface area (Å²) in [5.41, 5.74) is 2.42. The first kappa shape index (κ1) is 13.6. The largest absolute Gasteiger partial charge is 0.388 e. The Morgan fingerprint density at radius 3 is 2.78 bits per heavy atom. The van der Waals surface area contributed by atoms with E-state index in [-0.39, 0.29) is 6.10 Å². The fourth-order valence-corrected chi connectivity index (χ4v) is 2.57. The predicted molar refractivity (Wildman–Crippen MR) is 73.5 cm³/mol. The maximum Gasteiger partial charge on any atom is 0.0824 e. The lowest BCUT2D eigenvalue weighted by Gasteiger charge is -2.15. The SMILES string of the molecule is CC(C)CCOCCC1Cc2ccccc2C1O. The zero-order valence-electron chi connectivity index (χ0n) is 11.4. The van der Waals surface area contributed by atoms with Crippen LogP contribution in [0.3, 0.4) is 0 Å². The van der Waals surface area contributed by atoms with E-state index in [0.717, 1.165) is 38.0 Å². The quantitative estimate of drug-likeness (QED) is 0.782. The number of hydrogen-bond donors (Lipinski definition) is 1. The van der Waals surface area contributed by atoms with Crippen molar-refractivity contribution in [2.45, 2.75) is 39.2 Å². The Hall–Kier alpha value is -0.860. The molecule has 1 N–H and O–H groups in total. The maximum absolute atomic E-state index is 10.2. The van der Waals surface area contributed by atoms with Crippen LogP contribution in [0.25, 0.3) is 0 Å². The van der Waals surface area contributed by atoms with Gasteiger partial charge in [-0.05, 0) is 42.2 Å². The van der Waals surface area contributed by atoms with Crippen LogP contribution in [-0.4, -0.2) is 18.3 Å². The first-order valence-corrected chi connectivity index (χ1v) is 7.02. The first-order valence-electron chi connectivity index (χ1n) is 7.02. The van der Waals surface area contributed by atoms with E-state index in [2.05, 4.69) is 19.9 Å². The van der Waals surface area contributed by atoms with Gasteiger partial charge in [0, 0.05) is 13.2 Å². The minimum Gasteiger partial charge on any atom is -0.388 e. The zero-order chi connectivity index (χ0) is 13.0. The molecule has 2 unspecified atom stereocenters. The molecule has 1 aromatic rings. The second-order valence-corrected chi connectivity index (χ2v) is 5.69. The standard InChI is InChI=1S/C16H24O2/c1-12(2)7-9-18-10-8-14-11-13-5-3-4-6-15(13)16(14)17/h3-6,12,14,16-17H,7-11H2,1-2H3. The monoisotopic (exact) mass is 248 g/mol. The van der Waals surface area contributed by atoms with Gasteiger partial charge < -0.3 is 9.84 Å². The van der Waals surface area contributed by atoms with Crippen LogP contribution in [0.4, 0.5) is 0 Å². The van der Waals surface area contributed by atoms with Gasteiger partial charge in [0.2, 0.25) is 0 Å². The molecular weight excluding hydrogens is 224 g/mol. The second kappa shape index (κ2) is 6.35. The molecule has 0 fully saturated rings. The maximum atomic E-state index is 10.2. The Balaban J connectivity index is 1.73. The number of aliphatic hydroxyl groups is 1. The van der Waals surface area contributed by atoms with Gasteiger partial charge in [-0.25, -0.2) is 0 Å². The van der Waals surface area contributed by atoms with E-state index in [1.807, 2.05) is 18.2 Å². The van der Waals surface area contributed by atoms with Crippen molar-refractivity contribution in [3.05, 3.63) is 35.4 Å². The number of benzene rings is 1. The molecule has 2 rings (SSSR count). The normalized spacial score (nSPS) is 22.4. The van der Waals surface area contributed by atoms with Gasteiger partial charge in [-0.3, -0.25) is 0 Å². The van der Waals surface area contributed by atoms with Crippen molar-refractivity contribution >= 4 is 0 Å². The van der Waals surface area contributed by atoms with E-state index >= 15 is 0 Å². The lowest BCUT2D eigenvalue weighted by atomic mass is 10.0. The number of ether oxygens (including phenoxy) is 1. The van der Waals surface area contributed by atoms with Crippen LogP contribution < -0.4 is 0 Å². The minimum atomic E-state index is -0.296. The molecule has 2 nitrogen and oxygen atoms in total. The molecule has 0 heterocycles. The molecule has 1 aromatic carbocycles. The highest BCUT2D eigenvalue weighted by molar-refractivity contribution is 5.34. The Kier molecular flexibility index (Phi) is 4.79. The molecule has 0 radical (unpaired) electrons. The number of fused-ring (bicyclic) bond motifs is 1. The summed E-state index contributed by atoms with van der Waals surface area (Å²) < 4.78 is 5.64. The lowest BCUT2D eigenvalue weighted by Crippen LogP contribution is -2.11. The molecule has 1 aliphatic carbocycles. The summed E-state index contributed by atoms with van der Waals surface area (Å²) in [5, 5.41) is 10.2. The molecule has 0 saturated carbocycles. The third-order valence-electron chi connectivity index (χ3n) is 3.77. The summed E-state index contributed by atoms with van der Waals surface area (Å²) in [7, 11) is 0. The minimum absolute atomic E-state index is 0.296. The summed E-state index contributed by atoms with van der Waals surface area (Å²) in [6.45, 7) is 6.03. The van der Waals surface area contributed by atoms with Crippen molar-refractivity contribution < 1.29 is 9.84 Å². The van der Waals surface area contributed by atoms with Crippen molar-refractivity contribution in [1.82, 2.24) is 0 Å². The fraction of sp³-hybridized carbons (Fsp3) is 0.625. The molecule has 0 spiro atoms. The smallest absolute Gasteiger partial charge is 0.0824 e. The summed E-state index contributed by atoms with van der Waals surface area (Å²) in [6.07, 6.45) is 2.77. The summed E-state index contributed by atoms with van der Waals surface area (Å²) in [4.78, 5) is 0. The molecular formula is C16H24O2. The van der Waals surface area contributed by atoms with Gasteiger partial charge in [0.05, 0.1) is 6.10 Å². The molecule has 100 valence electrons. The van der Waals surface area contributed by atoms with Crippen LogP contribution in [0.15, 0.2) is 24.3 Å². The highest BCUT2D eigenvalue weighted by Crippen LogP contribution is 2.37. The van der Waals surface area contributed by atoms with Crippen LogP contribution in [0.5, 0.6) is 0 Å². The average Bonchev–Trinajstić information content (AvgIpc) is 2.66. The van der Waals surface area contributed by atoms with E-state index in [9.17, 15) is 5.11 Å². The number of hydrogen-bond acceptors (Lipinski definition) is 2. The van der Waals surface area contributed by atoms with Crippen molar-refractivity contribution in [3.63, 3.8) is 0 Å². The Morgan fingerprint density at radius 2 is 2.06 bits per heavy atom.